The molecular formula is C27H19NO4. The Morgan fingerprint density at radius 2 is 1.28 bits per heavy atom. The molecule has 2 amide bonds. The second kappa shape index (κ2) is 6.76. The van der Waals surface area contributed by atoms with E-state index in [1.54, 1.807) is 31.2 Å². The van der Waals surface area contributed by atoms with E-state index in [0.29, 0.717) is 22.4 Å². The predicted molar refractivity (Wildman–Crippen MR) is 118 cm³/mol. The highest BCUT2D eigenvalue weighted by molar-refractivity contribution is 6.35. The van der Waals surface area contributed by atoms with Gasteiger partial charge in [-0.15, -0.1) is 0 Å². The Labute approximate surface area is 184 Å². The fourth-order valence-corrected chi connectivity index (χ4v) is 5.37. The molecule has 0 N–H and O–H groups in total. The first-order valence-electron chi connectivity index (χ1n) is 10.7. The van der Waals surface area contributed by atoms with Gasteiger partial charge in [0, 0.05) is 23.0 Å². The molecule has 0 radical (unpaired) electrons. The van der Waals surface area contributed by atoms with Crippen LogP contribution in [0.25, 0.3) is 0 Å². The summed E-state index contributed by atoms with van der Waals surface area (Å²) in [5, 5.41) is 0. The molecule has 0 aromatic heterocycles. The van der Waals surface area contributed by atoms with E-state index in [0.717, 1.165) is 22.3 Å². The van der Waals surface area contributed by atoms with Gasteiger partial charge in [-0.3, -0.25) is 9.59 Å². The quantitative estimate of drug-likeness (QED) is 0.467. The first-order valence-corrected chi connectivity index (χ1v) is 10.7. The number of benzene rings is 3. The fourth-order valence-electron chi connectivity index (χ4n) is 5.37. The van der Waals surface area contributed by atoms with Crippen LogP contribution in [-0.4, -0.2) is 24.4 Å². The molecule has 2 bridgehead atoms. The van der Waals surface area contributed by atoms with Crippen LogP contribution in [0.5, 0.6) is 0 Å². The van der Waals surface area contributed by atoms with Gasteiger partial charge in [-0.25, -0.2) is 9.69 Å². The molecule has 3 aromatic carbocycles. The van der Waals surface area contributed by atoms with E-state index in [2.05, 4.69) is 24.3 Å². The molecule has 0 saturated carbocycles. The molecule has 5 nitrogen and oxygen atoms in total. The first-order chi connectivity index (χ1) is 15.6. The van der Waals surface area contributed by atoms with Crippen LogP contribution < -0.4 is 4.90 Å². The highest BCUT2D eigenvalue weighted by atomic mass is 16.5. The predicted octanol–water partition coefficient (Wildman–Crippen LogP) is 4.32. The second-order valence-corrected chi connectivity index (χ2v) is 8.17. The van der Waals surface area contributed by atoms with Crippen molar-refractivity contribution in [3.05, 3.63) is 112 Å². The molecule has 3 aliphatic carbocycles. The van der Waals surface area contributed by atoms with Gasteiger partial charge >= 0.3 is 5.97 Å². The summed E-state index contributed by atoms with van der Waals surface area (Å²) in [6, 6.07) is 22.6. The van der Waals surface area contributed by atoms with Crippen molar-refractivity contribution in [2.24, 2.45) is 0 Å². The number of hydrogen-bond donors (Lipinski definition) is 0. The molecule has 7 rings (SSSR count). The monoisotopic (exact) mass is 421 g/mol. The smallest absolute Gasteiger partial charge is 0.338 e. The van der Waals surface area contributed by atoms with Crippen LogP contribution >= 0.6 is 0 Å². The molecule has 4 aliphatic rings. The van der Waals surface area contributed by atoms with Crippen LogP contribution in [0, 0.1) is 0 Å². The van der Waals surface area contributed by atoms with E-state index in [4.69, 9.17) is 4.74 Å². The molecular weight excluding hydrogens is 402 g/mol. The number of rotatable bonds is 3. The van der Waals surface area contributed by atoms with Crippen molar-refractivity contribution in [2.45, 2.75) is 18.8 Å². The summed E-state index contributed by atoms with van der Waals surface area (Å²) in [4.78, 5) is 40.8. The highest BCUT2D eigenvalue weighted by Crippen LogP contribution is 2.58. The number of hydrogen-bond acceptors (Lipinski definition) is 4. The Morgan fingerprint density at radius 3 is 1.75 bits per heavy atom. The van der Waals surface area contributed by atoms with Gasteiger partial charge in [0.2, 0.25) is 0 Å². The van der Waals surface area contributed by atoms with Crippen molar-refractivity contribution in [1.29, 1.82) is 0 Å². The maximum atomic E-state index is 13.7. The minimum Gasteiger partial charge on any atom is -0.462 e. The summed E-state index contributed by atoms with van der Waals surface area (Å²) in [5.74, 6) is -1.64. The number of carbonyl (C=O) groups excluding carboxylic acids is 3. The second-order valence-electron chi connectivity index (χ2n) is 8.17. The first kappa shape index (κ1) is 18.8. The molecule has 1 heterocycles. The van der Waals surface area contributed by atoms with Crippen LogP contribution in [-0.2, 0) is 14.3 Å². The summed E-state index contributed by atoms with van der Waals surface area (Å²) >= 11 is 0. The number of ether oxygens (including phenoxy) is 1. The summed E-state index contributed by atoms with van der Waals surface area (Å²) in [6.07, 6.45) is 0. The Morgan fingerprint density at radius 1 is 0.781 bits per heavy atom. The molecule has 156 valence electrons. The number of carbonyl (C=O) groups is 3. The van der Waals surface area contributed by atoms with E-state index >= 15 is 0 Å². The SMILES string of the molecule is CCOC(=O)c1cccc(N2C(=O)C3=C(C2=O)C2c4ccccc4C3c3ccccc32)c1. The lowest BCUT2D eigenvalue weighted by Crippen LogP contribution is -2.32. The number of anilines is 1. The summed E-state index contributed by atoms with van der Waals surface area (Å²) < 4.78 is 5.08. The van der Waals surface area contributed by atoms with Gasteiger partial charge in [0.15, 0.2) is 0 Å². The van der Waals surface area contributed by atoms with Crippen LogP contribution in [0.2, 0.25) is 0 Å². The maximum absolute atomic E-state index is 13.7. The van der Waals surface area contributed by atoms with Crippen molar-refractivity contribution in [1.82, 2.24) is 0 Å². The van der Waals surface area contributed by atoms with Crippen LogP contribution in [0.1, 0.15) is 51.4 Å². The molecule has 0 saturated heterocycles. The van der Waals surface area contributed by atoms with Gasteiger partial charge in [0.1, 0.15) is 0 Å². The third kappa shape index (κ3) is 2.36. The highest BCUT2D eigenvalue weighted by Gasteiger charge is 2.53. The lowest BCUT2D eigenvalue weighted by atomic mass is 9.61. The summed E-state index contributed by atoms with van der Waals surface area (Å²) in [6.45, 7) is 1.98. The minimum atomic E-state index is -0.481. The van der Waals surface area contributed by atoms with Gasteiger partial charge in [0.25, 0.3) is 11.8 Å². The Balaban J connectivity index is 1.49. The van der Waals surface area contributed by atoms with Crippen molar-refractivity contribution in [2.75, 3.05) is 11.5 Å². The molecule has 0 spiro atoms. The number of amides is 2. The van der Waals surface area contributed by atoms with Crippen molar-refractivity contribution in [3.8, 4) is 0 Å². The zero-order valence-electron chi connectivity index (χ0n) is 17.4. The number of esters is 1. The molecule has 32 heavy (non-hydrogen) atoms. The average molecular weight is 421 g/mol. The van der Waals surface area contributed by atoms with Crippen LogP contribution in [0.3, 0.4) is 0 Å². The largest absolute Gasteiger partial charge is 0.462 e. The third-order valence-corrected chi connectivity index (χ3v) is 6.59. The fraction of sp³-hybridized carbons (Fsp3) is 0.148. The Bertz CT molecular complexity index is 1250. The van der Waals surface area contributed by atoms with E-state index in [-0.39, 0.29) is 30.3 Å². The van der Waals surface area contributed by atoms with Gasteiger partial charge in [0.05, 0.1) is 17.9 Å². The van der Waals surface area contributed by atoms with Gasteiger partial charge in [-0.2, -0.15) is 0 Å². The van der Waals surface area contributed by atoms with Crippen LogP contribution in [0.4, 0.5) is 5.69 Å². The zero-order valence-corrected chi connectivity index (χ0v) is 17.4. The van der Waals surface area contributed by atoms with E-state index in [9.17, 15) is 14.4 Å². The van der Waals surface area contributed by atoms with Crippen molar-refractivity contribution < 1.29 is 19.1 Å². The average Bonchev–Trinajstić information content (AvgIpc) is 3.10. The lowest BCUT2D eigenvalue weighted by molar-refractivity contribution is -0.120. The van der Waals surface area contributed by atoms with Gasteiger partial charge in [-0.05, 0) is 47.4 Å². The Hall–Kier alpha value is -3.99. The van der Waals surface area contributed by atoms with Crippen molar-refractivity contribution in [3.63, 3.8) is 0 Å². The molecule has 1 aliphatic heterocycles. The van der Waals surface area contributed by atoms with E-state index < -0.39 is 5.97 Å². The molecule has 0 fully saturated rings. The van der Waals surface area contributed by atoms with Gasteiger partial charge in [-0.1, -0.05) is 54.6 Å². The third-order valence-electron chi connectivity index (χ3n) is 6.59. The minimum absolute atomic E-state index is 0.250. The summed E-state index contributed by atoms with van der Waals surface area (Å²) in [5.41, 5.74) is 6.13. The van der Waals surface area contributed by atoms with Crippen LogP contribution in [0.15, 0.2) is 83.9 Å². The van der Waals surface area contributed by atoms with E-state index in [1.807, 2.05) is 24.3 Å². The van der Waals surface area contributed by atoms with Crippen molar-refractivity contribution >= 4 is 23.5 Å². The number of nitrogens with zero attached hydrogens (tertiary/aromatic N) is 1. The standard InChI is InChI=1S/C27H19NO4/c1-2-32-27(31)15-8-7-9-16(14-15)28-25(29)23-21-17-10-3-4-11-18(17)22(24(23)26(28)30)20-13-6-5-12-19(20)21/h3-14,21-22H,2H2,1H3. The topological polar surface area (TPSA) is 63.7 Å². The van der Waals surface area contributed by atoms with E-state index in [1.165, 1.54) is 4.90 Å². The lowest BCUT2D eigenvalue weighted by Gasteiger charge is -2.39. The Kier molecular flexibility index (Phi) is 3.96. The molecule has 3 aromatic rings. The summed E-state index contributed by atoms with van der Waals surface area (Å²) in [7, 11) is 0. The molecule has 0 unspecified atom stereocenters. The molecule has 0 atom stereocenters. The maximum Gasteiger partial charge on any atom is 0.338 e. The normalized spacial score (nSPS) is 20.2. The zero-order chi connectivity index (χ0) is 22.0. The van der Waals surface area contributed by atoms with Gasteiger partial charge < -0.3 is 4.74 Å². The molecule has 5 heteroatoms. The number of imide groups is 1.